The van der Waals surface area contributed by atoms with Crippen LogP contribution in [0.4, 0.5) is 5.69 Å². The number of hydrogen-bond acceptors (Lipinski definition) is 3. The first-order chi connectivity index (χ1) is 16.5. The van der Waals surface area contributed by atoms with Gasteiger partial charge in [-0.25, -0.2) is 0 Å². The number of ether oxygens (including phenoxy) is 1. The van der Waals surface area contributed by atoms with Gasteiger partial charge < -0.3 is 10.1 Å². The third-order valence-electron chi connectivity index (χ3n) is 5.74. The maximum atomic E-state index is 13.0. The van der Waals surface area contributed by atoms with Gasteiger partial charge in [0.2, 0.25) is 0 Å². The van der Waals surface area contributed by atoms with Crippen LogP contribution in [-0.4, -0.2) is 13.0 Å². The number of rotatable bonds is 6. The quantitative estimate of drug-likeness (QED) is 0.268. The highest BCUT2D eigenvalue weighted by molar-refractivity contribution is 6.11. The van der Waals surface area contributed by atoms with Crippen LogP contribution in [0.1, 0.15) is 27.8 Å². The summed E-state index contributed by atoms with van der Waals surface area (Å²) in [6, 6.07) is 27.8. The zero-order chi connectivity index (χ0) is 24.1. The lowest BCUT2D eigenvalue weighted by molar-refractivity contribution is -0.112. The van der Waals surface area contributed by atoms with E-state index in [-0.39, 0.29) is 5.57 Å². The highest BCUT2D eigenvalue weighted by Gasteiger charge is 2.14. The number of carbonyl (C=O) groups is 1. The van der Waals surface area contributed by atoms with E-state index >= 15 is 0 Å². The van der Waals surface area contributed by atoms with E-state index in [1.54, 1.807) is 37.5 Å². The molecule has 0 spiro atoms. The summed E-state index contributed by atoms with van der Waals surface area (Å²) in [6.07, 6.45) is 2.41. The first-order valence-electron chi connectivity index (χ1n) is 11.1. The van der Waals surface area contributed by atoms with Crippen molar-refractivity contribution in [2.45, 2.75) is 20.3 Å². The largest absolute Gasteiger partial charge is 0.497 e. The summed E-state index contributed by atoms with van der Waals surface area (Å²) in [6.45, 7) is 4.18. The van der Waals surface area contributed by atoms with Crippen LogP contribution in [0.2, 0.25) is 0 Å². The maximum absolute atomic E-state index is 13.0. The summed E-state index contributed by atoms with van der Waals surface area (Å²) < 4.78 is 5.16. The van der Waals surface area contributed by atoms with Crippen molar-refractivity contribution >= 4 is 28.4 Å². The van der Waals surface area contributed by atoms with Crippen molar-refractivity contribution < 1.29 is 9.53 Å². The fourth-order valence-corrected chi connectivity index (χ4v) is 4.22. The molecular formula is C30H26N2O2. The number of anilines is 1. The molecule has 4 aromatic rings. The lowest BCUT2D eigenvalue weighted by Gasteiger charge is -2.13. The van der Waals surface area contributed by atoms with Crippen LogP contribution >= 0.6 is 0 Å². The second-order valence-electron chi connectivity index (χ2n) is 8.38. The highest BCUT2D eigenvalue weighted by atomic mass is 16.5. The van der Waals surface area contributed by atoms with Crippen molar-refractivity contribution in [2.75, 3.05) is 12.4 Å². The van der Waals surface area contributed by atoms with Gasteiger partial charge in [0.1, 0.15) is 17.4 Å². The van der Waals surface area contributed by atoms with Gasteiger partial charge in [-0.05, 0) is 78.1 Å². The van der Waals surface area contributed by atoms with Crippen LogP contribution in [-0.2, 0) is 11.2 Å². The summed E-state index contributed by atoms with van der Waals surface area (Å²) >= 11 is 0. The molecule has 0 atom stereocenters. The molecule has 4 heteroatoms. The Kier molecular flexibility index (Phi) is 6.75. The molecule has 168 valence electrons. The fourth-order valence-electron chi connectivity index (χ4n) is 4.22. The van der Waals surface area contributed by atoms with Crippen molar-refractivity contribution in [1.29, 1.82) is 5.26 Å². The zero-order valence-electron chi connectivity index (χ0n) is 19.6. The van der Waals surface area contributed by atoms with Crippen molar-refractivity contribution in [3.8, 4) is 11.8 Å². The van der Waals surface area contributed by atoms with Crippen LogP contribution in [0.3, 0.4) is 0 Å². The molecule has 0 aliphatic carbocycles. The first-order valence-corrected chi connectivity index (χ1v) is 11.1. The maximum Gasteiger partial charge on any atom is 0.266 e. The highest BCUT2D eigenvalue weighted by Crippen LogP contribution is 2.28. The molecule has 4 rings (SSSR count). The van der Waals surface area contributed by atoms with Crippen LogP contribution in [0.25, 0.3) is 16.8 Å². The molecule has 4 nitrogen and oxygen atoms in total. The Hall–Kier alpha value is -4.36. The van der Waals surface area contributed by atoms with E-state index in [4.69, 9.17) is 4.74 Å². The second kappa shape index (κ2) is 10.1. The van der Waals surface area contributed by atoms with Crippen LogP contribution < -0.4 is 10.1 Å². The predicted octanol–water partition coefficient (Wildman–Crippen LogP) is 6.60. The number of hydrogen-bond donors (Lipinski definition) is 1. The van der Waals surface area contributed by atoms with Crippen molar-refractivity contribution in [2.24, 2.45) is 0 Å². The number of amides is 1. The van der Waals surface area contributed by atoms with Gasteiger partial charge in [0, 0.05) is 5.69 Å². The van der Waals surface area contributed by atoms with Gasteiger partial charge in [0.15, 0.2) is 0 Å². The molecule has 4 aromatic carbocycles. The molecule has 0 fully saturated rings. The van der Waals surface area contributed by atoms with Gasteiger partial charge in [0.05, 0.1) is 7.11 Å². The summed E-state index contributed by atoms with van der Waals surface area (Å²) in [5, 5.41) is 14.7. The third-order valence-corrected chi connectivity index (χ3v) is 5.74. The molecule has 1 N–H and O–H groups in total. The Morgan fingerprint density at radius 2 is 1.68 bits per heavy atom. The average molecular weight is 447 g/mol. The van der Waals surface area contributed by atoms with Gasteiger partial charge in [-0.2, -0.15) is 5.26 Å². The van der Waals surface area contributed by atoms with E-state index in [1.165, 1.54) is 16.7 Å². The average Bonchev–Trinajstić information content (AvgIpc) is 2.83. The summed E-state index contributed by atoms with van der Waals surface area (Å²) in [4.78, 5) is 13.0. The smallest absolute Gasteiger partial charge is 0.266 e. The first kappa shape index (κ1) is 22.8. The molecule has 0 aliphatic rings. The van der Waals surface area contributed by atoms with Gasteiger partial charge in [-0.15, -0.1) is 0 Å². The van der Waals surface area contributed by atoms with Crippen LogP contribution in [0.15, 0.2) is 84.4 Å². The van der Waals surface area contributed by atoms with Crippen molar-refractivity contribution in [3.63, 3.8) is 0 Å². The van der Waals surface area contributed by atoms with E-state index in [2.05, 4.69) is 55.6 Å². The molecule has 0 unspecified atom stereocenters. The number of nitrogens with zero attached hydrogens (tertiary/aromatic N) is 1. The van der Waals surface area contributed by atoms with E-state index in [0.29, 0.717) is 17.9 Å². The minimum Gasteiger partial charge on any atom is -0.497 e. The Morgan fingerprint density at radius 1 is 0.971 bits per heavy atom. The molecule has 34 heavy (non-hydrogen) atoms. The summed E-state index contributed by atoms with van der Waals surface area (Å²) in [5.74, 6) is 0.249. The number of benzene rings is 4. The standard InChI is InChI=1S/C30H26N2O2/c1-20-14-21(2)16-22(15-20)17-24-9-8-23-6-4-5-7-28(23)29(24)18-25(19-31)30(33)32-26-10-12-27(34-3)13-11-26/h4-16,18H,17H2,1-3H3,(H,32,33)/b25-18+. The van der Waals surface area contributed by atoms with E-state index in [1.807, 2.05) is 24.3 Å². The molecule has 0 bridgehead atoms. The third kappa shape index (κ3) is 5.16. The second-order valence-corrected chi connectivity index (χ2v) is 8.38. The topological polar surface area (TPSA) is 62.1 Å². The molecule has 0 saturated carbocycles. The molecule has 0 radical (unpaired) electrons. The summed E-state index contributed by atoms with van der Waals surface area (Å²) in [5.41, 5.74) is 6.22. The Balaban J connectivity index is 1.74. The van der Waals surface area contributed by atoms with Gasteiger partial charge in [-0.1, -0.05) is 65.7 Å². The van der Waals surface area contributed by atoms with E-state index < -0.39 is 5.91 Å². The van der Waals surface area contributed by atoms with Crippen molar-refractivity contribution in [1.82, 2.24) is 0 Å². The van der Waals surface area contributed by atoms with Crippen LogP contribution in [0.5, 0.6) is 5.75 Å². The minimum atomic E-state index is -0.446. The molecule has 0 aromatic heterocycles. The van der Waals surface area contributed by atoms with Gasteiger partial charge >= 0.3 is 0 Å². The number of fused-ring (bicyclic) bond motifs is 1. The number of methoxy groups -OCH3 is 1. The molecular weight excluding hydrogens is 420 g/mol. The molecule has 1 amide bonds. The van der Waals surface area contributed by atoms with Gasteiger partial charge in [-0.3, -0.25) is 4.79 Å². The fraction of sp³-hybridized carbons (Fsp3) is 0.133. The number of aryl methyl sites for hydroxylation is 2. The van der Waals surface area contributed by atoms with E-state index in [9.17, 15) is 10.1 Å². The molecule has 0 aliphatic heterocycles. The Bertz CT molecular complexity index is 1410. The molecule has 0 saturated heterocycles. The van der Waals surface area contributed by atoms with Gasteiger partial charge in [0.25, 0.3) is 5.91 Å². The van der Waals surface area contributed by atoms with Crippen molar-refractivity contribution in [3.05, 3.63) is 112 Å². The monoisotopic (exact) mass is 446 g/mol. The normalized spacial score (nSPS) is 11.2. The lowest BCUT2D eigenvalue weighted by atomic mass is 9.92. The predicted molar refractivity (Wildman–Crippen MR) is 138 cm³/mol. The zero-order valence-corrected chi connectivity index (χ0v) is 19.6. The number of carbonyl (C=O) groups excluding carboxylic acids is 1. The Morgan fingerprint density at radius 3 is 2.35 bits per heavy atom. The SMILES string of the molecule is COc1ccc(NC(=O)/C(C#N)=C/c2c(Cc3cc(C)cc(C)c3)ccc3ccccc23)cc1. The minimum absolute atomic E-state index is 0.0499. The Labute approximate surface area is 200 Å². The number of nitrogens with one attached hydrogen (secondary N) is 1. The van der Waals surface area contributed by atoms with E-state index in [0.717, 1.165) is 21.9 Å². The summed E-state index contributed by atoms with van der Waals surface area (Å²) in [7, 11) is 1.59. The number of nitriles is 1. The lowest BCUT2D eigenvalue weighted by Crippen LogP contribution is -2.13. The van der Waals surface area contributed by atoms with Crippen LogP contribution in [0, 0.1) is 25.2 Å². The molecule has 0 heterocycles.